The van der Waals surface area contributed by atoms with Crippen molar-refractivity contribution in [3.05, 3.63) is 35.9 Å². The van der Waals surface area contributed by atoms with Crippen molar-refractivity contribution in [2.45, 2.75) is 32.6 Å². The first kappa shape index (κ1) is 14.7. The van der Waals surface area contributed by atoms with Gasteiger partial charge in [0.25, 0.3) is 0 Å². The molecule has 1 aromatic rings. The number of hydrogen-bond donors (Lipinski definition) is 2. The molecule has 0 aromatic heterocycles. The third-order valence-corrected chi connectivity index (χ3v) is 3.17. The van der Waals surface area contributed by atoms with Gasteiger partial charge in [0.1, 0.15) is 0 Å². The monoisotopic (exact) mass is 249 g/mol. The first-order valence-electron chi connectivity index (χ1n) is 6.62. The third-order valence-electron chi connectivity index (χ3n) is 3.17. The van der Waals surface area contributed by atoms with E-state index in [-0.39, 0.29) is 18.4 Å². The van der Waals surface area contributed by atoms with E-state index >= 15 is 0 Å². The molecule has 3 heteroatoms. The Labute approximate surface area is 109 Å². The summed E-state index contributed by atoms with van der Waals surface area (Å²) in [7, 11) is 0. The largest absolute Gasteiger partial charge is 0.396 e. The van der Waals surface area contributed by atoms with E-state index in [0.29, 0.717) is 12.5 Å². The van der Waals surface area contributed by atoms with Gasteiger partial charge in [0.15, 0.2) is 0 Å². The molecule has 1 rings (SSSR count). The fraction of sp³-hybridized carbons (Fsp3) is 0.533. The van der Waals surface area contributed by atoms with Gasteiger partial charge in [-0.15, -0.1) is 0 Å². The van der Waals surface area contributed by atoms with Crippen LogP contribution in [0.5, 0.6) is 0 Å². The Morgan fingerprint density at radius 2 is 2.00 bits per heavy atom. The predicted octanol–water partition coefficient (Wildman–Crippen LogP) is 2.31. The SMILES string of the molecule is CCC(C(=O)NCC(C)CCO)c1ccccc1. The average molecular weight is 249 g/mol. The van der Waals surface area contributed by atoms with Gasteiger partial charge in [-0.25, -0.2) is 0 Å². The summed E-state index contributed by atoms with van der Waals surface area (Å²) in [6, 6.07) is 9.85. The number of amides is 1. The molecule has 100 valence electrons. The van der Waals surface area contributed by atoms with E-state index in [0.717, 1.165) is 18.4 Å². The maximum atomic E-state index is 12.1. The summed E-state index contributed by atoms with van der Waals surface area (Å²) >= 11 is 0. The van der Waals surface area contributed by atoms with Crippen molar-refractivity contribution in [2.75, 3.05) is 13.2 Å². The van der Waals surface area contributed by atoms with E-state index in [4.69, 9.17) is 5.11 Å². The van der Waals surface area contributed by atoms with E-state index in [2.05, 4.69) is 5.32 Å². The zero-order valence-electron chi connectivity index (χ0n) is 11.2. The van der Waals surface area contributed by atoms with E-state index in [9.17, 15) is 4.79 Å². The summed E-state index contributed by atoms with van der Waals surface area (Å²) in [5.74, 6) is 0.313. The van der Waals surface area contributed by atoms with Crippen LogP contribution in [0.15, 0.2) is 30.3 Å². The standard InChI is InChI=1S/C15H23NO2/c1-3-14(13-7-5-4-6-8-13)15(18)16-11-12(2)9-10-17/h4-8,12,14,17H,3,9-11H2,1-2H3,(H,16,18). The Morgan fingerprint density at radius 3 is 2.56 bits per heavy atom. The molecule has 0 saturated heterocycles. The van der Waals surface area contributed by atoms with Crippen LogP contribution in [0.25, 0.3) is 0 Å². The molecule has 2 N–H and O–H groups in total. The fourth-order valence-electron chi connectivity index (χ4n) is 1.98. The molecule has 0 radical (unpaired) electrons. The summed E-state index contributed by atoms with van der Waals surface area (Å²) in [4.78, 5) is 12.1. The van der Waals surface area contributed by atoms with E-state index < -0.39 is 0 Å². The lowest BCUT2D eigenvalue weighted by Gasteiger charge is -2.17. The van der Waals surface area contributed by atoms with Gasteiger partial charge in [0.05, 0.1) is 5.92 Å². The molecular weight excluding hydrogens is 226 g/mol. The normalized spacial score (nSPS) is 13.9. The lowest BCUT2D eigenvalue weighted by molar-refractivity contribution is -0.122. The highest BCUT2D eigenvalue weighted by Gasteiger charge is 2.18. The molecule has 0 aliphatic carbocycles. The Bertz CT molecular complexity index is 351. The van der Waals surface area contributed by atoms with Gasteiger partial charge in [0.2, 0.25) is 5.91 Å². The highest BCUT2D eigenvalue weighted by Crippen LogP contribution is 2.19. The molecule has 1 amide bonds. The van der Waals surface area contributed by atoms with Crippen molar-refractivity contribution >= 4 is 5.91 Å². The van der Waals surface area contributed by atoms with Gasteiger partial charge in [0, 0.05) is 13.2 Å². The molecule has 1 aromatic carbocycles. The molecule has 0 aliphatic rings. The highest BCUT2D eigenvalue weighted by atomic mass is 16.3. The second-order valence-electron chi connectivity index (χ2n) is 4.73. The summed E-state index contributed by atoms with van der Waals surface area (Å²) in [5.41, 5.74) is 1.06. The predicted molar refractivity (Wildman–Crippen MR) is 73.4 cm³/mol. The number of hydrogen-bond acceptors (Lipinski definition) is 2. The van der Waals surface area contributed by atoms with Crippen LogP contribution in [0.4, 0.5) is 0 Å². The third kappa shape index (κ3) is 4.49. The average Bonchev–Trinajstić information content (AvgIpc) is 2.39. The van der Waals surface area contributed by atoms with E-state index in [1.807, 2.05) is 44.2 Å². The second-order valence-corrected chi connectivity index (χ2v) is 4.73. The number of aliphatic hydroxyl groups excluding tert-OH is 1. The molecule has 18 heavy (non-hydrogen) atoms. The smallest absolute Gasteiger partial charge is 0.227 e. The number of aliphatic hydroxyl groups is 1. The summed E-state index contributed by atoms with van der Waals surface area (Å²) in [6.45, 7) is 4.85. The first-order valence-corrected chi connectivity index (χ1v) is 6.62. The van der Waals surface area contributed by atoms with Crippen LogP contribution in [0.1, 0.15) is 38.2 Å². The van der Waals surface area contributed by atoms with E-state index in [1.165, 1.54) is 0 Å². The minimum atomic E-state index is -0.0764. The van der Waals surface area contributed by atoms with Gasteiger partial charge in [-0.05, 0) is 24.3 Å². The summed E-state index contributed by atoms with van der Waals surface area (Å²) in [6.07, 6.45) is 1.52. The Kier molecular flexibility index (Phi) is 6.44. The molecule has 0 heterocycles. The van der Waals surface area contributed by atoms with Gasteiger partial charge in [-0.2, -0.15) is 0 Å². The number of nitrogens with one attached hydrogen (secondary N) is 1. The maximum absolute atomic E-state index is 12.1. The molecule has 0 bridgehead atoms. The van der Waals surface area contributed by atoms with Crippen molar-refractivity contribution in [2.24, 2.45) is 5.92 Å². The van der Waals surface area contributed by atoms with Crippen LogP contribution in [0, 0.1) is 5.92 Å². The van der Waals surface area contributed by atoms with Crippen molar-refractivity contribution in [1.29, 1.82) is 0 Å². The van der Waals surface area contributed by atoms with Gasteiger partial charge in [-0.1, -0.05) is 44.2 Å². The minimum Gasteiger partial charge on any atom is -0.396 e. The molecular formula is C15H23NO2. The first-order chi connectivity index (χ1) is 8.69. The molecule has 0 spiro atoms. The minimum absolute atomic E-state index is 0.0764. The van der Waals surface area contributed by atoms with Crippen molar-refractivity contribution in [1.82, 2.24) is 5.32 Å². The van der Waals surface area contributed by atoms with Crippen LogP contribution >= 0.6 is 0 Å². The molecule has 3 nitrogen and oxygen atoms in total. The summed E-state index contributed by atoms with van der Waals surface area (Å²) in [5, 5.41) is 11.8. The molecule has 0 saturated carbocycles. The van der Waals surface area contributed by atoms with E-state index in [1.54, 1.807) is 0 Å². The topological polar surface area (TPSA) is 49.3 Å². The van der Waals surface area contributed by atoms with Crippen LogP contribution in [-0.4, -0.2) is 24.2 Å². The van der Waals surface area contributed by atoms with Gasteiger partial charge in [-0.3, -0.25) is 4.79 Å². The lowest BCUT2D eigenvalue weighted by Crippen LogP contribution is -2.32. The molecule has 2 unspecified atom stereocenters. The Balaban J connectivity index is 2.53. The van der Waals surface area contributed by atoms with Gasteiger partial charge < -0.3 is 10.4 Å². The molecule has 2 atom stereocenters. The molecule has 0 aliphatic heterocycles. The van der Waals surface area contributed by atoms with Crippen molar-refractivity contribution in [3.8, 4) is 0 Å². The molecule has 0 fully saturated rings. The number of benzene rings is 1. The zero-order chi connectivity index (χ0) is 13.4. The van der Waals surface area contributed by atoms with Gasteiger partial charge >= 0.3 is 0 Å². The maximum Gasteiger partial charge on any atom is 0.227 e. The van der Waals surface area contributed by atoms with Crippen LogP contribution in [0.2, 0.25) is 0 Å². The fourth-order valence-corrected chi connectivity index (χ4v) is 1.98. The van der Waals surface area contributed by atoms with Crippen LogP contribution < -0.4 is 5.32 Å². The Morgan fingerprint density at radius 1 is 1.33 bits per heavy atom. The van der Waals surface area contributed by atoms with Crippen LogP contribution in [0.3, 0.4) is 0 Å². The second kappa shape index (κ2) is 7.88. The highest BCUT2D eigenvalue weighted by molar-refractivity contribution is 5.83. The summed E-state index contributed by atoms with van der Waals surface area (Å²) < 4.78 is 0. The van der Waals surface area contributed by atoms with Crippen molar-refractivity contribution < 1.29 is 9.90 Å². The van der Waals surface area contributed by atoms with Crippen LogP contribution in [-0.2, 0) is 4.79 Å². The Hall–Kier alpha value is -1.35. The number of rotatable bonds is 7. The van der Waals surface area contributed by atoms with Crippen molar-refractivity contribution in [3.63, 3.8) is 0 Å². The lowest BCUT2D eigenvalue weighted by atomic mass is 9.95. The quantitative estimate of drug-likeness (QED) is 0.779. The number of carbonyl (C=O) groups excluding carboxylic acids is 1. The zero-order valence-corrected chi connectivity index (χ0v) is 11.2. The number of carbonyl (C=O) groups is 1.